The molecule has 0 aliphatic heterocycles. The molecule has 0 aliphatic carbocycles. The van der Waals surface area contributed by atoms with Gasteiger partial charge in [-0.15, -0.1) is 0 Å². The standard InChI is InChI=1S/C77H126O6/c1-4-7-10-13-16-19-22-25-28-31-32-33-34-35-36-37-38-39-40-41-42-43-44-47-49-52-55-58-61-64-67-70-76(79)82-73-74(83-77(80)71-68-65-62-59-56-53-50-46-30-27-24-21-18-15-12-9-6-3)72-81-75(78)69-66-63-60-57-54-51-48-45-29-26-23-20-17-14-11-8-5-2/h8-9,11-12,17-18,20-22,25-27,29-32,48,50-51,53,57,59-60,62,74H,4-7,10,13-16,19,23-24,28,33-47,49,52,54-56,58,61,63-73H2,1-3H3/b11-8-,12-9-,20-17-,21-18-,25-22-,29-26-,30-27-,32-31-,51-48-,53-50-,60-57-,62-59-. The fourth-order valence-electron chi connectivity index (χ4n) is 9.25. The summed E-state index contributed by atoms with van der Waals surface area (Å²) >= 11 is 0. The molecule has 0 aromatic heterocycles. The summed E-state index contributed by atoms with van der Waals surface area (Å²) in [5, 5.41) is 0. The first-order valence-corrected chi connectivity index (χ1v) is 34.3. The van der Waals surface area contributed by atoms with Gasteiger partial charge in [0.25, 0.3) is 0 Å². The molecule has 0 saturated heterocycles. The van der Waals surface area contributed by atoms with Crippen LogP contribution in [0.15, 0.2) is 146 Å². The smallest absolute Gasteiger partial charge is 0.306 e. The van der Waals surface area contributed by atoms with Crippen LogP contribution in [0.5, 0.6) is 0 Å². The van der Waals surface area contributed by atoms with Gasteiger partial charge < -0.3 is 14.2 Å². The molecule has 0 saturated carbocycles. The number of carbonyl (C=O) groups is 3. The predicted molar refractivity (Wildman–Crippen MR) is 362 cm³/mol. The Morgan fingerprint density at radius 1 is 0.253 bits per heavy atom. The third kappa shape index (κ3) is 68.0. The molecular weight excluding hydrogens is 1020 g/mol. The van der Waals surface area contributed by atoms with Crippen LogP contribution < -0.4 is 0 Å². The lowest BCUT2D eigenvalue weighted by molar-refractivity contribution is -0.167. The van der Waals surface area contributed by atoms with E-state index in [0.717, 1.165) is 103 Å². The Bertz CT molecular complexity index is 1800. The minimum Gasteiger partial charge on any atom is -0.462 e. The van der Waals surface area contributed by atoms with Crippen molar-refractivity contribution < 1.29 is 28.6 Å². The largest absolute Gasteiger partial charge is 0.462 e. The Kier molecular flexibility index (Phi) is 65.8. The van der Waals surface area contributed by atoms with Crippen molar-refractivity contribution >= 4 is 17.9 Å². The highest BCUT2D eigenvalue weighted by Gasteiger charge is 2.19. The zero-order chi connectivity index (χ0) is 59.9. The van der Waals surface area contributed by atoms with Crippen molar-refractivity contribution in [2.75, 3.05) is 13.2 Å². The lowest BCUT2D eigenvalue weighted by Crippen LogP contribution is -2.30. The second kappa shape index (κ2) is 69.8. The van der Waals surface area contributed by atoms with Crippen molar-refractivity contribution in [2.45, 2.75) is 309 Å². The maximum atomic E-state index is 12.9. The van der Waals surface area contributed by atoms with Gasteiger partial charge in [-0.25, -0.2) is 0 Å². The third-order valence-electron chi connectivity index (χ3n) is 14.3. The molecule has 0 radical (unpaired) electrons. The summed E-state index contributed by atoms with van der Waals surface area (Å²) in [4.78, 5) is 38.3. The molecule has 0 heterocycles. The van der Waals surface area contributed by atoms with E-state index < -0.39 is 6.10 Å². The molecule has 0 N–H and O–H groups in total. The van der Waals surface area contributed by atoms with Gasteiger partial charge in [0.05, 0.1) is 0 Å². The molecule has 1 unspecified atom stereocenters. The first kappa shape index (κ1) is 78.3. The van der Waals surface area contributed by atoms with E-state index in [4.69, 9.17) is 14.2 Å². The number of hydrogen-bond acceptors (Lipinski definition) is 6. The molecule has 83 heavy (non-hydrogen) atoms. The summed E-state index contributed by atoms with van der Waals surface area (Å²) in [6, 6.07) is 0. The van der Waals surface area contributed by atoms with Crippen LogP contribution in [0.3, 0.4) is 0 Å². The van der Waals surface area contributed by atoms with E-state index in [1.807, 2.05) is 0 Å². The van der Waals surface area contributed by atoms with Crippen molar-refractivity contribution in [2.24, 2.45) is 0 Å². The van der Waals surface area contributed by atoms with Crippen molar-refractivity contribution in [3.8, 4) is 0 Å². The summed E-state index contributed by atoms with van der Waals surface area (Å²) in [6.45, 7) is 6.32. The van der Waals surface area contributed by atoms with Gasteiger partial charge in [-0.3, -0.25) is 14.4 Å². The highest BCUT2D eigenvalue weighted by Crippen LogP contribution is 2.16. The van der Waals surface area contributed by atoms with Gasteiger partial charge >= 0.3 is 17.9 Å². The molecule has 6 nitrogen and oxygen atoms in total. The molecule has 0 aliphatic rings. The van der Waals surface area contributed by atoms with E-state index in [0.29, 0.717) is 19.3 Å². The predicted octanol–water partition coefficient (Wildman–Crippen LogP) is 23.9. The highest BCUT2D eigenvalue weighted by atomic mass is 16.6. The minimum absolute atomic E-state index is 0.122. The molecule has 0 amide bonds. The van der Waals surface area contributed by atoms with Crippen LogP contribution >= 0.6 is 0 Å². The molecule has 0 aromatic carbocycles. The number of rotatable bonds is 61. The number of allylic oxidation sites excluding steroid dienone is 24. The Morgan fingerprint density at radius 2 is 0.482 bits per heavy atom. The maximum Gasteiger partial charge on any atom is 0.306 e. The van der Waals surface area contributed by atoms with E-state index in [2.05, 4.69) is 167 Å². The number of unbranched alkanes of at least 4 members (excludes halogenated alkanes) is 26. The number of carbonyl (C=O) groups excluding carboxylic acids is 3. The maximum absolute atomic E-state index is 12.9. The van der Waals surface area contributed by atoms with Gasteiger partial charge in [0.2, 0.25) is 0 Å². The van der Waals surface area contributed by atoms with Gasteiger partial charge in [0.15, 0.2) is 6.10 Å². The van der Waals surface area contributed by atoms with Crippen molar-refractivity contribution in [3.05, 3.63) is 146 Å². The van der Waals surface area contributed by atoms with Crippen LogP contribution in [0.1, 0.15) is 303 Å². The highest BCUT2D eigenvalue weighted by molar-refractivity contribution is 5.71. The Morgan fingerprint density at radius 3 is 0.783 bits per heavy atom. The zero-order valence-electron chi connectivity index (χ0n) is 53.9. The third-order valence-corrected chi connectivity index (χ3v) is 14.3. The van der Waals surface area contributed by atoms with Crippen molar-refractivity contribution in [3.63, 3.8) is 0 Å². The fourth-order valence-corrected chi connectivity index (χ4v) is 9.25. The summed E-state index contributed by atoms with van der Waals surface area (Å²) in [5.41, 5.74) is 0. The Labute approximate surface area is 512 Å². The van der Waals surface area contributed by atoms with Crippen LogP contribution in [0.4, 0.5) is 0 Å². The number of ether oxygens (including phenoxy) is 3. The van der Waals surface area contributed by atoms with Crippen LogP contribution in [0.25, 0.3) is 0 Å². The van der Waals surface area contributed by atoms with Crippen LogP contribution in [-0.4, -0.2) is 37.2 Å². The number of esters is 3. The first-order valence-electron chi connectivity index (χ1n) is 34.3. The van der Waals surface area contributed by atoms with Crippen LogP contribution in [-0.2, 0) is 28.6 Å². The molecule has 6 heteroatoms. The van der Waals surface area contributed by atoms with Crippen LogP contribution in [0.2, 0.25) is 0 Å². The van der Waals surface area contributed by atoms with Crippen LogP contribution in [0, 0.1) is 0 Å². The van der Waals surface area contributed by atoms with Crippen molar-refractivity contribution in [1.82, 2.24) is 0 Å². The van der Waals surface area contributed by atoms with Gasteiger partial charge in [0.1, 0.15) is 13.2 Å². The normalized spacial score (nSPS) is 13.0. The molecule has 0 rings (SSSR count). The van der Waals surface area contributed by atoms with Gasteiger partial charge in [-0.1, -0.05) is 301 Å². The summed E-state index contributed by atoms with van der Waals surface area (Å²) < 4.78 is 16.8. The molecule has 1 atom stereocenters. The first-order chi connectivity index (χ1) is 41.0. The van der Waals surface area contributed by atoms with E-state index in [9.17, 15) is 14.4 Å². The number of hydrogen-bond donors (Lipinski definition) is 0. The van der Waals surface area contributed by atoms with Crippen molar-refractivity contribution in [1.29, 1.82) is 0 Å². The molecule has 0 fully saturated rings. The Balaban J connectivity index is 4.35. The Hall–Kier alpha value is -4.71. The van der Waals surface area contributed by atoms with Gasteiger partial charge in [-0.05, 0) is 128 Å². The van der Waals surface area contributed by atoms with E-state index in [-0.39, 0.29) is 44.0 Å². The topological polar surface area (TPSA) is 78.9 Å². The SMILES string of the molecule is CC/C=C\C/C=C\C/C=C\C/C=C\C/C=C\CCCC(=O)OCC(COC(=O)CCCCCCCCCCCCCCCCCCCCC/C=C\C/C=C\CCCCCCC)OC(=O)CCC/C=C\C/C=C\C/C=C\C/C=C\C/C=C\CC. The van der Waals surface area contributed by atoms with E-state index >= 15 is 0 Å². The minimum atomic E-state index is -0.837. The molecule has 0 spiro atoms. The van der Waals surface area contributed by atoms with Gasteiger partial charge in [-0.2, -0.15) is 0 Å². The second-order valence-electron chi connectivity index (χ2n) is 22.3. The van der Waals surface area contributed by atoms with E-state index in [1.54, 1.807) is 0 Å². The fraction of sp³-hybridized carbons (Fsp3) is 0.649. The zero-order valence-corrected chi connectivity index (χ0v) is 53.9. The summed E-state index contributed by atoms with van der Waals surface area (Å²) in [6.07, 6.45) is 100. The quantitative estimate of drug-likeness (QED) is 0.0261. The average Bonchev–Trinajstić information content (AvgIpc) is 3.50. The van der Waals surface area contributed by atoms with Gasteiger partial charge in [0, 0.05) is 19.3 Å². The summed E-state index contributed by atoms with van der Waals surface area (Å²) in [5.74, 6) is -1.04. The molecule has 470 valence electrons. The average molecular weight is 1150 g/mol. The lowest BCUT2D eigenvalue weighted by Gasteiger charge is -2.18. The molecule has 0 aromatic rings. The van der Waals surface area contributed by atoms with E-state index in [1.165, 1.54) is 148 Å². The monoisotopic (exact) mass is 1150 g/mol. The molecular formula is C77H126O6. The lowest BCUT2D eigenvalue weighted by atomic mass is 10.0. The summed E-state index contributed by atoms with van der Waals surface area (Å²) in [7, 11) is 0. The second-order valence-corrected chi connectivity index (χ2v) is 22.3. The molecule has 0 bridgehead atoms.